The number of aliphatic hydroxyl groups excluding tert-OH is 2. The van der Waals surface area contributed by atoms with Crippen molar-refractivity contribution in [3.63, 3.8) is 0 Å². The number of nitrogens with one attached hydrogen (secondary N) is 2. The molecular weight excluding hydrogens is 1830 g/mol. The molecule has 6 aromatic heterocycles. The molecule has 8 heterocycles. The fourth-order valence-corrected chi connectivity index (χ4v) is 20.6. The molecule has 2 saturated heterocycles. The number of hydrogen-bond acceptors (Lipinski definition) is 20. The van der Waals surface area contributed by atoms with E-state index in [1.54, 1.807) is 30.5 Å². The Morgan fingerprint density at radius 2 is 0.868 bits per heavy atom. The predicted octanol–water partition coefficient (Wildman–Crippen LogP) is 22.1. The number of rotatable bonds is 46. The quantitative estimate of drug-likeness (QED) is 0.0103. The standard InChI is InChI=1S/C41H66FN5O5Si3.C37H57FN4O5Si3.C23H24FN5O2/c1-11-31-23-39(52-30-51-18-21-55(8,9)10)37(42)24-36(31)32-12-13-35-38(22-32)47(29-50-17-20-54(5,6)7)44-40(35)41-43-33(25-45-15-14-34(48)27-45)26-46(41)28-49-16-19-53(2,3)4;1-11-28-21-35(47-27-46-16-19-50(8,9)10)33(38)22-32(28)29-12-13-31-34(20-29)42(26-45-15-18-49(5,6)7)40-36(31)37-39-30(24-43)23-41(37)25-44-14-17-48(2,3)4;1-2-13-8-21(31)19(24)9-18(13)14-3-4-17-20(7-14)27-28-22(17)23-25-10-15(26-23)11-29-6-5-16(30)12-29/h12-13,22-24,26,34,48H,11,14-21,25,27-30H2,1-10H3;12-13,20-24H,11,14-19,25-27H2,1-10H3;3-4,7-10,16,30-31H,2,5-6,11-12H2,1H3,(H,25,26)(H,27,28)/t34-;;16-/m0.0/s1. The van der Waals surface area contributed by atoms with E-state index in [1.807, 2.05) is 69.5 Å². The first-order valence-corrected chi connectivity index (χ1v) is 70.5. The van der Waals surface area contributed by atoms with E-state index in [0.717, 1.165) is 180 Å². The summed E-state index contributed by atoms with van der Waals surface area (Å²) in [6.45, 7) is 57.3. The van der Waals surface area contributed by atoms with Gasteiger partial charge in [0.1, 0.15) is 49.7 Å². The number of nitrogens with zero attached hydrogens (tertiary/aromatic N) is 12. The first kappa shape index (κ1) is 106. The summed E-state index contributed by atoms with van der Waals surface area (Å²) in [7, 11) is -7.57. The Kier molecular flexibility index (Phi) is 36.6. The Balaban J connectivity index is 0.000000190. The van der Waals surface area contributed by atoms with Crippen molar-refractivity contribution in [2.75, 3.05) is 79.4 Å². The smallest absolute Gasteiger partial charge is 0.189 e. The number of aldehydes is 1. The minimum Gasteiger partial charge on any atom is -0.505 e. The number of phenolic OH excluding ortho intramolecular Hbond substituents is 1. The molecule has 0 amide bonds. The van der Waals surface area contributed by atoms with Gasteiger partial charge in [-0.05, 0) is 191 Å². The molecule has 26 nitrogen and oxygen atoms in total. The molecule has 0 spiro atoms. The summed E-state index contributed by atoms with van der Waals surface area (Å²) in [4.78, 5) is 33.9. The first-order chi connectivity index (χ1) is 64.4. The van der Waals surface area contributed by atoms with E-state index in [0.29, 0.717) is 115 Å². The van der Waals surface area contributed by atoms with E-state index in [4.69, 9.17) is 53.1 Å². The highest BCUT2D eigenvalue weighted by atomic mass is 28.3. The molecule has 2 aliphatic rings. The number of benzene rings is 6. The van der Waals surface area contributed by atoms with Crippen molar-refractivity contribution < 1.29 is 71.2 Å². The van der Waals surface area contributed by atoms with Crippen LogP contribution in [0.4, 0.5) is 13.2 Å². The second-order valence-corrected chi connectivity index (χ2v) is 77.2. The Morgan fingerprint density at radius 3 is 1.30 bits per heavy atom. The van der Waals surface area contributed by atoms with Gasteiger partial charge in [0.25, 0.3) is 0 Å². The molecule has 0 saturated carbocycles. The summed E-state index contributed by atoms with van der Waals surface area (Å²) < 4.78 is 100. The fraction of sp³-hybridized carbons (Fsp3) is 0.515. The predicted molar refractivity (Wildman–Crippen MR) is 554 cm³/mol. The number of aliphatic hydroxyl groups is 2. The van der Waals surface area contributed by atoms with Gasteiger partial charge in [-0.15, -0.1) is 0 Å². The number of β-amino-alcohol motifs (C(OH)–C–C–N with tert-alkyl or cyclic N) is 2. The lowest BCUT2D eigenvalue weighted by atomic mass is 9.96. The zero-order valence-electron chi connectivity index (χ0n) is 84.1. The number of aromatic amines is 2. The van der Waals surface area contributed by atoms with Crippen LogP contribution in [0.5, 0.6) is 17.2 Å². The van der Waals surface area contributed by atoms with Crippen molar-refractivity contribution in [1.82, 2.24) is 68.6 Å². The largest absolute Gasteiger partial charge is 0.505 e. The maximum absolute atomic E-state index is 15.6. The van der Waals surface area contributed by atoms with Gasteiger partial charge >= 0.3 is 0 Å². The van der Waals surface area contributed by atoms with Crippen LogP contribution in [-0.2, 0) is 87.7 Å². The van der Waals surface area contributed by atoms with Crippen LogP contribution >= 0.6 is 0 Å². The van der Waals surface area contributed by atoms with Gasteiger partial charge in [-0.1, -0.05) is 157 Å². The number of aromatic nitrogens is 12. The average Bonchev–Trinajstić information content (AvgIpc) is 1.60. The number of H-pyrrole nitrogens is 2. The Bertz CT molecular complexity index is 5980. The molecule has 35 heteroatoms. The number of hydrogen-bond donors (Lipinski definition) is 5. The number of aryl methyl sites for hydroxylation is 3. The topological polar surface area (TPSA) is 287 Å². The molecule has 0 aliphatic carbocycles. The van der Waals surface area contributed by atoms with E-state index in [-0.39, 0.29) is 63.2 Å². The Morgan fingerprint density at radius 1 is 0.463 bits per heavy atom. The van der Waals surface area contributed by atoms with Crippen LogP contribution in [0, 0.1) is 17.5 Å². The molecule has 12 aromatic rings. The molecule has 2 atom stereocenters. The highest BCUT2D eigenvalue weighted by Gasteiger charge is 2.30. The van der Waals surface area contributed by atoms with Gasteiger partial charge in [0.15, 0.2) is 72.0 Å². The third-order valence-electron chi connectivity index (χ3n) is 24.4. The van der Waals surface area contributed by atoms with Gasteiger partial charge in [0.05, 0.1) is 40.6 Å². The van der Waals surface area contributed by atoms with Crippen LogP contribution in [-0.4, -0.2) is 230 Å². The molecule has 738 valence electrons. The Labute approximate surface area is 806 Å². The van der Waals surface area contributed by atoms with Crippen LogP contribution in [0.25, 0.3) is 101 Å². The van der Waals surface area contributed by atoms with E-state index < -0.39 is 65.9 Å². The maximum Gasteiger partial charge on any atom is 0.189 e. The van der Waals surface area contributed by atoms with Gasteiger partial charge in [0.2, 0.25) is 0 Å². The molecule has 6 aromatic carbocycles. The lowest BCUT2D eigenvalue weighted by Gasteiger charge is -2.17. The monoisotopic (exact) mass is 1970 g/mol. The number of carbonyl (C=O) groups excluding carboxylic acids is 1. The zero-order chi connectivity index (χ0) is 98.2. The third-order valence-corrected chi connectivity index (χ3v) is 34.6. The Hall–Kier alpha value is -8.88. The summed E-state index contributed by atoms with van der Waals surface area (Å²) in [5.41, 5.74) is 14.6. The minimum atomic E-state index is -1.29. The molecule has 2 fully saturated rings. The number of likely N-dealkylation sites (tertiary alicyclic amines) is 2. The van der Waals surface area contributed by atoms with Gasteiger partial charge in [-0.3, -0.25) is 19.7 Å². The number of carbonyl (C=O) groups is 1. The normalized spacial score (nSPS) is 14.9. The molecule has 136 heavy (non-hydrogen) atoms. The highest BCUT2D eigenvalue weighted by Crippen LogP contribution is 2.41. The molecule has 5 N–H and O–H groups in total. The number of fused-ring (bicyclic) bond motifs is 3. The molecule has 0 radical (unpaired) electrons. The van der Waals surface area contributed by atoms with Gasteiger partial charge in [-0.2, -0.15) is 15.3 Å². The second-order valence-electron chi connectivity index (χ2n) is 43.5. The summed E-state index contributed by atoms with van der Waals surface area (Å²) in [5.74, 6) is 0.533. The lowest BCUT2D eigenvalue weighted by Crippen LogP contribution is -2.22. The first-order valence-electron chi connectivity index (χ1n) is 48.2. The van der Waals surface area contributed by atoms with E-state index in [1.165, 1.54) is 12.1 Å². The number of halogens is 3. The van der Waals surface area contributed by atoms with E-state index in [9.17, 15) is 24.5 Å². The number of imidazole rings is 3. The van der Waals surface area contributed by atoms with Crippen LogP contribution in [0.15, 0.2) is 110 Å². The molecule has 0 bridgehead atoms. The second kappa shape index (κ2) is 46.9. The highest BCUT2D eigenvalue weighted by molar-refractivity contribution is 6.78. The third kappa shape index (κ3) is 30.3. The van der Waals surface area contributed by atoms with E-state index >= 15 is 8.78 Å². The average molecular weight is 1970 g/mol. The van der Waals surface area contributed by atoms with Crippen LogP contribution in [0.2, 0.25) is 154 Å². The SMILES string of the molecule is CCc1cc(O)c(F)cc1-c1ccc2c(-c3ncc(CN4CC[C@H](O)C4)[nH]3)n[nH]c2c1.CCc1cc(OCOCC[Si](C)(C)C)c(F)cc1-c1ccc2c(-c3nc(C=O)cn3COCC[Si](C)(C)C)nn(COCC[Si](C)(C)C)c2c1.CCc1cc(OCOCC[Si](C)(C)C)c(F)cc1-c1ccc2c(-c3nc(CN4CC[C@H](O)C4)cn3COCC[Si](C)(C)C)nn(COCC[Si](C)(C)C)c2c1. The number of aromatic hydroxyl groups is 1. The van der Waals surface area contributed by atoms with Crippen LogP contribution < -0.4 is 9.47 Å². The maximum atomic E-state index is 15.6. The summed E-state index contributed by atoms with van der Waals surface area (Å²) in [6, 6.07) is 33.8. The van der Waals surface area contributed by atoms with Gasteiger partial charge < -0.3 is 67.3 Å². The molecular formula is C101H147F3N14O12Si6. The van der Waals surface area contributed by atoms with Crippen molar-refractivity contribution in [3.05, 3.63) is 161 Å². The number of ether oxygens (including phenoxy) is 8. The van der Waals surface area contributed by atoms with Crippen molar-refractivity contribution in [2.45, 2.75) is 259 Å². The van der Waals surface area contributed by atoms with Crippen LogP contribution in [0.3, 0.4) is 0 Å². The molecule has 2 aliphatic heterocycles. The van der Waals surface area contributed by atoms with E-state index in [2.05, 4.69) is 190 Å². The van der Waals surface area contributed by atoms with Gasteiger partial charge in [0, 0.05) is 162 Å². The fourth-order valence-electron chi connectivity index (χ4n) is 16.1. The summed E-state index contributed by atoms with van der Waals surface area (Å²) >= 11 is 0. The summed E-state index contributed by atoms with van der Waals surface area (Å²) in [5, 5.41) is 49.9. The molecule has 14 rings (SSSR count). The minimum absolute atomic E-state index is 0.0143. The number of phenols is 1. The molecule has 0 unspecified atom stereocenters. The van der Waals surface area contributed by atoms with Crippen molar-refractivity contribution >= 4 is 87.4 Å². The summed E-state index contributed by atoms with van der Waals surface area (Å²) in [6.07, 6.45) is 9.42. The van der Waals surface area contributed by atoms with Crippen LogP contribution in [0.1, 0.15) is 72.2 Å². The zero-order valence-corrected chi connectivity index (χ0v) is 90.1. The van der Waals surface area contributed by atoms with Gasteiger partial charge in [-0.25, -0.2) is 37.5 Å². The van der Waals surface area contributed by atoms with Crippen molar-refractivity contribution in [3.8, 4) is 85.2 Å². The lowest BCUT2D eigenvalue weighted by molar-refractivity contribution is 0.0195. The van der Waals surface area contributed by atoms with Crippen molar-refractivity contribution in [2.24, 2.45) is 0 Å². The van der Waals surface area contributed by atoms with Crippen molar-refractivity contribution in [1.29, 1.82) is 0 Å².